The quantitative estimate of drug-likeness (QED) is 0.774. The van der Waals surface area contributed by atoms with Crippen molar-refractivity contribution in [2.45, 2.75) is 0 Å². The molecule has 1 N–H and O–H groups in total. The summed E-state index contributed by atoms with van der Waals surface area (Å²) in [5.41, 5.74) is 0.763. The van der Waals surface area contributed by atoms with Gasteiger partial charge in [-0.3, -0.25) is 0 Å². The number of halogens is 1. The molecule has 1 radical (unpaired) electrons. The summed E-state index contributed by atoms with van der Waals surface area (Å²) in [6.45, 7) is 0. The number of phenolic OH excluding ortho intramolecular Hbond substituents is 1. The topological polar surface area (TPSA) is 23.5 Å². The van der Waals surface area contributed by atoms with E-state index in [2.05, 4.69) is 22.0 Å². The smallest absolute Gasteiger partial charge is 0.146 e. The number of hydrogen-bond donors (Lipinski definition) is 1. The second-order valence-corrected chi connectivity index (χ2v) is 3.36. The molecule has 0 aromatic heterocycles. The molecular formula is C8H9BrNO. The Kier molecular flexibility index (Phi) is 2.39. The zero-order chi connectivity index (χ0) is 8.43. The van der Waals surface area contributed by atoms with Crippen LogP contribution < -0.4 is 4.90 Å². The maximum atomic E-state index is 9.29. The van der Waals surface area contributed by atoms with Crippen molar-refractivity contribution in [3.05, 3.63) is 22.7 Å². The van der Waals surface area contributed by atoms with Gasteiger partial charge in [0.15, 0.2) is 0 Å². The van der Waals surface area contributed by atoms with Crippen molar-refractivity contribution in [1.82, 2.24) is 0 Å². The van der Waals surface area contributed by atoms with Crippen LogP contribution in [0.2, 0.25) is 0 Å². The largest absolute Gasteiger partial charge is 0.505 e. The zero-order valence-electron chi connectivity index (χ0n) is 6.43. The molecule has 0 aliphatic rings. The number of phenols is 1. The van der Waals surface area contributed by atoms with Crippen molar-refractivity contribution in [2.75, 3.05) is 19.0 Å². The Labute approximate surface area is 74.6 Å². The summed E-state index contributed by atoms with van der Waals surface area (Å²) < 4.78 is 0.916. The van der Waals surface area contributed by atoms with Crippen molar-refractivity contribution in [1.29, 1.82) is 0 Å². The van der Waals surface area contributed by atoms with E-state index in [0.29, 0.717) is 0 Å². The number of anilines is 1. The Morgan fingerprint density at radius 1 is 1.55 bits per heavy atom. The minimum absolute atomic E-state index is 0.179. The molecule has 0 amide bonds. The summed E-state index contributed by atoms with van der Waals surface area (Å²) >= 11 is 3.30. The first-order valence-corrected chi connectivity index (χ1v) is 3.98. The lowest BCUT2D eigenvalue weighted by Crippen LogP contribution is -2.08. The third kappa shape index (κ3) is 1.87. The Morgan fingerprint density at radius 3 is 2.64 bits per heavy atom. The number of hydrogen-bond acceptors (Lipinski definition) is 2. The monoisotopic (exact) mass is 214 g/mol. The molecule has 0 unspecified atom stereocenters. The van der Waals surface area contributed by atoms with E-state index in [9.17, 15) is 5.11 Å². The summed E-state index contributed by atoms with van der Waals surface area (Å²) in [4.78, 5) is 1.83. The van der Waals surface area contributed by atoms with Crippen LogP contribution in [0.3, 0.4) is 0 Å². The molecular weight excluding hydrogens is 206 g/mol. The van der Waals surface area contributed by atoms with Crippen LogP contribution in [0.15, 0.2) is 16.6 Å². The van der Waals surface area contributed by atoms with Crippen molar-refractivity contribution < 1.29 is 5.11 Å². The maximum Gasteiger partial charge on any atom is 0.146 e. The first kappa shape index (κ1) is 8.40. The maximum absolute atomic E-state index is 9.29. The van der Waals surface area contributed by atoms with E-state index in [1.165, 1.54) is 0 Å². The van der Waals surface area contributed by atoms with E-state index >= 15 is 0 Å². The van der Waals surface area contributed by atoms with Crippen LogP contribution in [0.1, 0.15) is 0 Å². The standard InChI is InChI=1S/C8H9BrNO/c1-10(2)7-5-6(9)3-4-8(7)11/h3,5,11H,1-2H3. The van der Waals surface area contributed by atoms with E-state index in [4.69, 9.17) is 0 Å². The second-order valence-electron chi connectivity index (χ2n) is 2.45. The minimum atomic E-state index is 0.179. The first-order valence-electron chi connectivity index (χ1n) is 3.19. The van der Waals surface area contributed by atoms with Gasteiger partial charge in [0.25, 0.3) is 0 Å². The normalized spacial score (nSPS) is 9.73. The summed E-state index contributed by atoms with van der Waals surface area (Å²) in [6, 6.07) is 6.24. The number of rotatable bonds is 1. The van der Waals surface area contributed by atoms with Crippen LogP contribution in [-0.4, -0.2) is 19.2 Å². The van der Waals surface area contributed by atoms with Gasteiger partial charge in [-0.05, 0) is 12.1 Å². The van der Waals surface area contributed by atoms with Gasteiger partial charge < -0.3 is 10.0 Å². The SMILES string of the molecule is CN(C)c1cc(Br)c[c]c1O. The van der Waals surface area contributed by atoms with Crippen LogP contribution in [0.25, 0.3) is 0 Å². The fourth-order valence-corrected chi connectivity index (χ4v) is 1.12. The predicted octanol–water partition coefficient (Wildman–Crippen LogP) is 2.02. The molecule has 0 aliphatic heterocycles. The highest BCUT2D eigenvalue weighted by Gasteiger charge is 2.02. The first-order chi connectivity index (χ1) is 5.11. The van der Waals surface area contributed by atoms with Crippen molar-refractivity contribution in [3.8, 4) is 5.75 Å². The molecule has 0 bridgehead atoms. The van der Waals surface area contributed by atoms with Crippen LogP contribution in [0.5, 0.6) is 5.75 Å². The molecule has 0 fully saturated rings. The fourth-order valence-electron chi connectivity index (χ4n) is 0.793. The molecule has 2 nitrogen and oxygen atoms in total. The van der Waals surface area contributed by atoms with Gasteiger partial charge in [0, 0.05) is 24.6 Å². The molecule has 0 aliphatic carbocycles. The molecule has 1 rings (SSSR count). The van der Waals surface area contributed by atoms with Gasteiger partial charge >= 0.3 is 0 Å². The molecule has 0 atom stereocenters. The highest BCUT2D eigenvalue weighted by molar-refractivity contribution is 9.10. The lowest BCUT2D eigenvalue weighted by Gasteiger charge is -2.13. The van der Waals surface area contributed by atoms with Gasteiger partial charge in [-0.15, -0.1) is 0 Å². The highest BCUT2D eigenvalue weighted by Crippen LogP contribution is 2.27. The Balaban J connectivity index is 3.13. The van der Waals surface area contributed by atoms with E-state index in [1.54, 1.807) is 6.07 Å². The highest BCUT2D eigenvalue weighted by atomic mass is 79.9. The van der Waals surface area contributed by atoms with E-state index in [1.807, 2.05) is 25.1 Å². The Morgan fingerprint density at radius 2 is 2.18 bits per heavy atom. The van der Waals surface area contributed by atoms with Gasteiger partial charge in [0.1, 0.15) is 5.75 Å². The summed E-state index contributed by atoms with van der Waals surface area (Å²) in [5.74, 6) is 0.179. The average Bonchev–Trinajstić information content (AvgIpc) is 1.94. The van der Waals surface area contributed by atoms with Gasteiger partial charge in [0.2, 0.25) is 0 Å². The Bertz CT molecular complexity index is 260. The van der Waals surface area contributed by atoms with Crippen LogP contribution in [0.4, 0.5) is 5.69 Å². The van der Waals surface area contributed by atoms with Crippen molar-refractivity contribution >= 4 is 21.6 Å². The number of benzene rings is 1. The summed E-state index contributed by atoms with van der Waals surface area (Å²) in [6.07, 6.45) is 0. The second kappa shape index (κ2) is 3.13. The molecule has 59 valence electrons. The van der Waals surface area contributed by atoms with E-state index in [0.717, 1.165) is 10.2 Å². The number of aromatic hydroxyl groups is 1. The third-order valence-electron chi connectivity index (χ3n) is 1.35. The van der Waals surface area contributed by atoms with E-state index < -0.39 is 0 Å². The van der Waals surface area contributed by atoms with Crippen molar-refractivity contribution in [3.63, 3.8) is 0 Å². The molecule has 0 heterocycles. The molecule has 0 saturated carbocycles. The number of nitrogens with zero attached hydrogens (tertiary/aromatic N) is 1. The van der Waals surface area contributed by atoms with Crippen LogP contribution in [-0.2, 0) is 0 Å². The molecule has 3 heteroatoms. The molecule has 0 saturated heterocycles. The zero-order valence-corrected chi connectivity index (χ0v) is 8.01. The lowest BCUT2D eigenvalue weighted by atomic mass is 10.3. The van der Waals surface area contributed by atoms with E-state index in [-0.39, 0.29) is 5.75 Å². The summed E-state index contributed by atoms with van der Waals surface area (Å²) in [7, 11) is 3.74. The average molecular weight is 215 g/mol. The van der Waals surface area contributed by atoms with Gasteiger partial charge in [-0.25, -0.2) is 0 Å². The van der Waals surface area contributed by atoms with Crippen molar-refractivity contribution in [2.24, 2.45) is 0 Å². The molecule has 1 aromatic rings. The third-order valence-corrected chi connectivity index (χ3v) is 1.80. The van der Waals surface area contributed by atoms with Gasteiger partial charge in [0.05, 0.1) is 5.69 Å². The lowest BCUT2D eigenvalue weighted by molar-refractivity contribution is 0.474. The Hall–Kier alpha value is -0.700. The van der Waals surface area contributed by atoms with Crippen LogP contribution in [0, 0.1) is 6.07 Å². The van der Waals surface area contributed by atoms with Gasteiger partial charge in [-0.2, -0.15) is 0 Å². The molecule has 11 heavy (non-hydrogen) atoms. The van der Waals surface area contributed by atoms with Gasteiger partial charge in [-0.1, -0.05) is 15.9 Å². The minimum Gasteiger partial charge on any atom is -0.505 e. The molecule has 0 spiro atoms. The predicted molar refractivity (Wildman–Crippen MR) is 49.0 cm³/mol. The fraction of sp³-hybridized carbons (Fsp3) is 0.250. The van der Waals surface area contributed by atoms with Crippen LogP contribution >= 0.6 is 15.9 Å². The summed E-state index contributed by atoms with van der Waals surface area (Å²) in [5, 5.41) is 9.29. The molecule has 1 aromatic carbocycles.